The molecule has 0 saturated heterocycles. The summed E-state index contributed by atoms with van der Waals surface area (Å²) < 4.78 is 1.02. The molecule has 0 heterocycles. The van der Waals surface area contributed by atoms with Crippen molar-refractivity contribution in [3.63, 3.8) is 0 Å². The fraction of sp³-hybridized carbons (Fsp3) is 0.188. The van der Waals surface area contributed by atoms with Gasteiger partial charge in [-0.1, -0.05) is 40.2 Å². The quantitative estimate of drug-likeness (QED) is 0.787. The average Bonchev–Trinajstić information content (AvgIpc) is 2.47. The predicted octanol–water partition coefficient (Wildman–Crippen LogP) is 3.79. The molecule has 4 nitrogen and oxygen atoms in total. The molecule has 0 fully saturated rings. The van der Waals surface area contributed by atoms with E-state index in [1.165, 1.54) is 0 Å². The summed E-state index contributed by atoms with van der Waals surface area (Å²) in [6.07, 6.45) is 0. The van der Waals surface area contributed by atoms with Gasteiger partial charge in [0, 0.05) is 22.7 Å². The van der Waals surface area contributed by atoms with Crippen LogP contribution in [0, 0.1) is 0 Å². The van der Waals surface area contributed by atoms with E-state index in [1.807, 2.05) is 55.5 Å². The van der Waals surface area contributed by atoms with Crippen molar-refractivity contribution in [2.45, 2.75) is 19.5 Å². The van der Waals surface area contributed by atoms with Gasteiger partial charge in [0.05, 0.1) is 0 Å². The first-order valence-corrected chi connectivity index (χ1v) is 7.49. The minimum atomic E-state index is -0.230. The van der Waals surface area contributed by atoms with E-state index in [2.05, 4.69) is 26.6 Å². The van der Waals surface area contributed by atoms with Crippen LogP contribution in [0.5, 0.6) is 0 Å². The van der Waals surface area contributed by atoms with E-state index in [0.717, 1.165) is 21.3 Å². The number of rotatable bonds is 4. The molecule has 2 amide bonds. The van der Waals surface area contributed by atoms with Crippen molar-refractivity contribution in [3.8, 4) is 0 Å². The minimum absolute atomic E-state index is 0.00900. The lowest BCUT2D eigenvalue weighted by atomic mass is 10.1. The molecule has 5 heteroatoms. The number of halogens is 1. The molecule has 0 aliphatic carbocycles. The van der Waals surface area contributed by atoms with Crippen molar-refractivity contribution < 1.29 is 4.79 Å². The van der Waals surface area contributed by atoms with E-state index in [-0.39, 0.29) is 12.1 Å². The highest BCUT2D eigenvalue weighted by Crippen LogP contribution is 2.14. The predicted molar refractivity (Wildman–Crippen MR) is 89.0 cm³/mol. The Labute approximate surface area is 132 Å². The maximum atomic E-state index is 11.8. The lowest BCUT2D eigenvalue weighted by Crippen LogP contribution is -2.28. The second-order valence-corrected chi connectivity index (χ2v) is 5.76. The molecule has 0 aromatic heterocycles. The smallest absolute Gasteiger partial charge is 0.319 e. The summed E-state index contributed by atoms with van der Waals surface area (Å²) in [5, 5.41) is 5.60. The number of nitrogens with two attached hydrogens (primary N) is 1. The summed E-state index contributed by atoms with van der Waals surface area (Å²) >= 11 is 3.38. The lowest BCUT2D eigenvalue weighted by molar-refractivity contribution is 0.251. The molecule has 2 aromatic carbocycles. The minimum Gasteiger partial charge on any atom is -0.334 e. The highest BCUT2D eigenvalue weighted by molar-refractivity contribution is 9.10. The Balaban J connectivity index is 1.85. The van der Waals surface area contributed by atoms with Crippen molar-refractivity contribution in [1.29, 1.82) is 0 Å². The van der Waals surface area contributed by atoms with Gasteiger partial charge in [-0.05, 0) is 42.3 Å². The molecule has 2 aromatic rings. The third-order valence-electron chi connectivity index (χ3n) is 3.06. The van der Waals surface area contributed by atoms with Gasteiger partial charge in [0.1, 0.15) is 0 Å². The first kappa shape index (κ1) is 15.5. The third-order valence-corrected chi connectivity index (χ3v) is 3.59. The van der Waals surface area contributed by atoms with Gasteiger partial charge in [-0.3, -0.25) is 0 Å². The van der Waals surface area contributed by atoms with Crippen LogP contribution in [0.2, 0.25) is 0 Å². The van der Waals surface area contributed by atoms with E-state index >= 15 is 0 Å². The van der Waals surface area contributed by atoms with E-state index in [0.29, 0.717) is 6.54 Å². The number of amides is 2. The molecule has 1 unspecified atom stereocenters. The van der Waals surface area contributed by atoms with Gasteiger partial charge in [0.15, 0.2) is 0 Å². The summed E-state index contributed by atoms with van der Waals surface area (Å²) in [6.45, 7) is 2.41. The molecule has 21 heavy (non-hydrogen) atoms. The summed E-state index contributed by atoms with van der Waals surface area (Å²) in [6, 6.07) is 15.1. The average molecular weight is 348 g/mol. The number of hydrogen-bond acceptors (Lipinski definition) is 2. The van der Waals surface area contributed by atoms with Gasteiger partial charge in [0.25, 0.3) is 0 Å². The Morgan fingerprint density at radius 3 is 2.33 bits per heavy atom. The van der Waals surface area contributed by atoms with Crippen LogP contribution in [0.3, 0.4) is 0 Å². The lowest BCUT2D eigenvalue weighted by Gasteiger charge is -2.10. The Kier molecular flexibility index (Phi) is 5.36. The van der Waals surface area contributed by atoms with Crippen LogP contribution in [0.1, 0.15) is 24.1 Å². The number of hydrogen-bond donors (Lipinski definition) is 3. The fourth-order valence-corrected chi connectivity index (χ4v) is 2.09. The molecule has 0 aliphatic heterocycles. The molecule has 0 saturated carbocycles. The SMILES string of the molecule is CC(N)c1ccc(NC(=O)NCc2ccc(Br)cc2)cc1. The molecule has 4 N–H and O–H groups in total. The first-order valence-electron chi connectivity index (χ1n) is 6.69. The van der Waals surface area contributed by atoms with Gasteiger partial charge in [-0.15, -0.1) is 0 Å². The maximum Gasteiger partial charge on any atom is 0.319 e. The molecule has 0 spiro atoms. The Bertz CT molecular complexity index is 594. The summed E-state index contributed by atoms with van der Waals surface area (Å²) in [7, 11) is 0. The Morgan fingerprint density at radius 2 is 1.76 bits per heavy atom. The normalized spacial score (nSPS) is 11.8. The molecule has 0 bridgehead atoms. The second kappa shape index (κ2) is 7.24. The van der Waals surface area contributed by atoms with Crippen LogP contribution in [0.15, 0.2) is 53.0 Å². The van der Waals surface area contributed by atoms with Gasteiger partial charge >= 0.3 is 6.03 Å². The number of nitrogens with one attached hydrogen (secondary N) is 2. The molecule has 1 atom stereocenters. The number of benzene rings is 2. The van der Waals surface area contributed by atoms with Crippen LogP contribution in [0.25, 0.3) is 0 Å². The monoisotopic (exact) mass is 347 g/mol. The molecule has 0 aliphatic rings. The molecular formula is C16H18BrN3O. The summed E-state index contributed by atoms with van der Waals surface area (Å²) in [5.74, 6) is 0. The van der Waals surface area contributed by atoms with Crippen molar-refractivity contribution in [3.05, 3.63) is 64.1 Å². The van der Waals surface area contributed by atoms with E-state index in [9.17, 15) is 4.79 Å². The molecular weight excluding hydrogens is 330 g/mol. The number of carbonyl (C=O) groups is 1. The highest BCUT2D eigenvalue weighted by Gasteiger charge is 2.03. The number of urea groups is 1. The zero-order chi connectivity index (χ0) is 15.2. The van der Waals surface area contributed by atoms with Crippen LogP contribution in [0.4, 0.5) is 10.5 Å². The molecule has 0 radical (unpaired) electrons. The van der Waals surface area contributed by atoms with Gasteiger partial charge in [-0.25, -0.2) is 4.79 Å². The highest BCUT2D eigenvalue weighted by atomic mass is 79.9. The van der Waals surface area contributed by atoms with E-state index < -0.39 is 0 Å². The zero-order valence-electron chi connectivity index (χ0n) is 11.8. The van der Waals surface area contributed by atoms with Crippen LogP contribution in [-0.2, 0) is 6.54 Å². The van der Waals surface area contributed by atoms with Crippen molar-refractivity contribution >= 4 is 27.6 Å². The first-order chi connectivity index (χ1) is 10.0. The van der Waals surface area contributed by atoms with Gasteiger partial charge in [-0.2, -0.15) is 0 Å². The molecule has 2 rings (SSSR count). The van der Waals surface area contributed by atoms with Gasteiger partial charge < -0.3 is 16.4 Å². The molecule has 110 valence electrons. The maximum absolute atomic E-state index is 11.8. The van der Waals surface area contributed by atoms with Crippen molar-refractivity contribution in [1.82, 2.24) is 5.32 Å². The summed E-state index contributed by atoms with van der Waals surface area (Å²) in [5.41, 5.74) is 8.61. The Hall–Kier alpha value is -1.85. The van der Waals surface area contributed by atoms with Crippen molar-refractivity contribution in [2.24, 2.45) is 5.73 Å². The van der Waals surface area contributed by atoms with Crippen LogP contribution in [-0.4, -0.2) is 6.03 Å². The topological polar surface area (TPSA) is 67.1 Å². The van der Waals surface area contributed by atoms with E-state index in [4.69, 9.17) is 5.73 Å². The van der Waals surface area contributed by atoms with Gasteiger partial charge in [0.2, 0.25) is 0 Å². The number of anilines is 1. The summed E-state index contributed by atoms with van der Waals surface area (Å²) in [4.78, 5) is 11.8. The number of carbonyl (C=O) groups excluding carboxylic acids is 1. The van der Waals surface area contributed by atoms with E-state index in [1.54, 1.807) is 0 Å². The Morgan fingerprint density at radius 1 is 1.14 bits per heavy atom. The second-order valence-electron chi connectivity index (χ2n) is 4.84. The van der Waals surface area contributed by atoms with Crippen LogP contribution >= 0.6 is 15.9 Å². The third kappa shape index (κ3) is 4.88. The van der Waals surface area contributed by atoms with Crippen LogP contribution < -0.4 is 16.4 Å². The fourth-order valence-electron chi connectivity index (χ4n) is 1.83. The standard InChI is InChI=1S/C16H18BrN3O/c1-11(18)13-4-8-15(9-5-13)20-16(21)19-10-12-2-6-14(17)7-3-12/h2-9,11H,10,18H2,1H3,(H2,19,20,21). The van der Waals surface area contributed by atoms with Crippen molar-refractivity contribution in [2.75, 3.05) is 5.32 Å². The zero-order valence-corrected chi connectivity index (χ0v) is 13.4. The largest absolute Gasteiger partial charge is 0.334 e.